The third-order valence-electron chi connectivity index (χ3n) is 6.82. The molecule has 0 saturated carbocycles. The molecular weight excluding hydrogens is 494 g/mol. The predicted molar refractivity (Wildman–Crippen MR) is 143 cm³/mol. The predicted octanol–water partition coefficient (Wildman–Crippen LogP) is 3.29. The van der Waals surface area contributed by atoms with Crippen LogP contribution in [0.5, 0.6) is 0 Å². The largest absolute Gasteiger partial charge is 0.405 e. The molecule has 4 aromatic rings. The Morgan fingerprint density at radius 2 is 1.69 bits per heavy atom. The van der Waals surface area contributed by atoms with Gasteiger partial charge in [0.2, 0.25) is 5.28 Å². The van der Waals surface area contributed by atoms with Crippen LogP contribution in [0.3, 0.4) is 0 Å². The molecule has 8 nitrogen and oxygen atoms in total. The molecule has 36 heavy (non-hydrogen) atoms. The number of imidazole rings is 1. The van der Waals surface area contributed by atoms with Gasteiger partial charge in [0, 0.05) is 6.42 Å². The van der Waals surface area contributed by atoms with Crippen LogP contribution in [-0.4, -0.2) is 51.8 Å². The lowest BCUT2D eigenvalue weighted by Gasteiger charge is -2.43. The summed E-state index contributed by atoms with van der Waals surface area (Å²) in [5.41, 5.74) is 6.87. The minimum Gasteiger partial charge on any atom is -0.405 e. The van der Waals surface area contributed by atoms with Crippen LogP contribution >= 0.6 is 11.6 Å². The van der Waals surface area contributed by atoms with E-state index in [0.29, 0.717) is 17.6 Å². The molecule has 0 aliphatic carbocycles. The number of ether oxygens (including phenoxy) is 1. The van der Waals surface area contributed by atoms with Crippen LogP contribution in [-0.2, 0) is 9.16 Å². The molecule has 0 amide bonds. The van der Waals surface area contributed by atoms with Gasteiger partial charge in [0.05, 0.1) is 19.0 Å². The molecule has 188 valence electrons. The van der Waals surface area contributed by atoms with Crippen molar-refractivity contribution in [3.8, 4) is 0 Å². The number of fused-ring (bicyclic) bond motifs is 1. The van der Waals surface area contributed by atoms with Crippen molar-refractivity contribution in [2.75, 3.05) is 12.3 Å². The van der Waals surface area contributed by atoms with Gasteiger partial charge in [-0.3, -0.25) is 4.57 Å². The van der Waals surface area contributed by atoms with E-state index in [1.165, 1.54) is 10.4 Å². The summed E-state index contributed by atoms with van der Waals surface area (Å²) in [5.74, 6) is 0.203. The van der Waals surface area contributed by atoms with Gasteiger partial charge in [-0.1, -0.05) is 81.4 Å². The summed E-state index contributed by atoms with van der Waals surface area (Å²) >= 11 is 6.03. The lowest BCUT2D eigenvalue weighted by molar-refractivity contribution is -0.0398. The first-order valence-corrected chi connectivity index (χ1v) is 14.2. The number of nitrogens with zero attached hydrogens (tertiary/aromatic N) is 4. The first kappa shape index (κ1) is 24.9. The Balaban J connectivity index is 1.45. The van der Waals surface area contributed by atoms with Crippen LogP contribution < -0.4 is 16.1 Å². The van der Waals surface area contributed by atoms with Crippen LogP contribution in [0.4, 0.5) is 5.82 Å². The van der Waals surface area contributed by atoms with E-state index in [1.54, 1.807) is 10.9 Å². The maximum absolute atomic E-state index is 11.0. The lowest BCUT2D eigenvalue weighted by atomic mass is 10.2. The molecule has 0 bridgehead atoms. The quantitative estimate of drug-likeness (QED) is 0.295. The van der Waals surface area contributed by atoms with E-state index in [2.05, 4.69) is 84.3 Å². The minimum atomic E-state index is -2.76. The maximum Gasteiger partial charge on any atom is 0.261 e. The van der Waals surface area contributed by atoms with Crippen molar-refractivity contribution in [2.45, 2.75) is 50.7 Å². The Bertz CT molecular complexity index is 1310. The lowest BCUT2D eigenvalue weighted by Crippen LogP contribution is -2.67. The van der Waals surface area contributed by atoms with Crippen molar-refractivity contribution in [3.63, 3.8) is 0 Å². The van der Waals surface area contributed by atoms with Gasteiger partial charge in [0.15, 0.2) is 11.5 Å². The van der Waals surface area contributed by atoms with Crippen molar-refractivity contribution >= 4 is 47.3 Å². The second kappa shape index (κ2) is 9.57. The minimum absolute atomic E-state index is 0.0341. The molecule has 2 aromatic carbocycles. The van der Waals surface area contributed by atoms with Crippen LogP contribution in [0.2, 0.25) is 10.3 Å². The number of anilines is 1. The van der Waals surface area contributed by atoms with Gasteiger partial charge < -0.3 is 20.0 Å². The zero-order valence-electron chi connectivity index (χ0n) is 20.5. The number of hydrogen-bond acceptors (Lipinski definition) is 7. The average molecular weight is 524 g/mol. The molecule has 0 radical (unpaired) electrons. The van der Waals surface area contributed by atoms with Crippen LogP contribution in [0.1, 0.15) is 33.4 Å². The summed E-state index contributed by atoms with van der Waals surface area (Å²) in [4.78, 5) is 12.6. The highest BCUT2D eigenvalue weighted by Gasteiger charge is 2.51. The van der Waals surface area contributed by atoms with Gasteiger partial charge in [-0.2, -0.15) is 9.97 Å². The molecule has 10 heteroatoms. The maximum atomic E-state index is 11.0. The number of aliphatic hydroxyl groups is 1. The Morgan fingerprint density at radius 3 is 2.28 bits per heavy atom. The molecule has 0 unspecified atom stereocenters. The zero-order valence-corrected chi connectivity index (χ0v) is 22.3. The summed E-state index contributed by atoms with van der Waals surface area (Å²) in [6, 6.07) is 20.8. The van der Waals surface area contributed by atoms with E-state index < -0.39 is 26.8 Å². The number of nitrogen functional groups attached to an aromatic ring is 1. The topological polar surface area (TPSA) is 108 Å². The van der Waals surface area contributed by atoms with E-state index in [0.717, 1.165) is 0 Å². The second-order valence-electron chi connectivity index (χ2n) is 10.1. The number of halogens is 1. The Morgan fingerprint density at radius 1 is 1.08 bits per heavy atom. The smallest absolute Gasteiger partial charge is 0.261 e. The van der Waals surface area contributed by atoms with E-state index >= 15 is 0 Å². The van der Waals surface area contributed by atoms with Gasteiger partial charge in [0.25, 0.3) is 8.32 Å². The third kappa shape index (κ3) is 4.31. The highest BCUT2D eigenvalue weighted by Crippen LogP contribution is 2.38. The molecule has 3 heterocycles. The number of aliphatic hydroxyl groups excluding tert-OH is 1. The first-order valence-electron chi connectivity index (χ1n) is 11.9. The average Bonchev–Trinajstić information content (AvgIpc) is 3.43. The number of aromatic nitrogens is 4. The van der Waals surface area contributed by atoms with Crippen LogP contribution in [0.15, 0.2) is 67.0 Å². The monoisotopic (exact) mass is 523 g/mol. The van der Waals surface area contributed by atoms with Gasteiger partial charge >= 0.3 is 0 Å². The molecule has 1 aliphatic rings. The molecule has 1 fully saturated rings. The summed E-state index contributed by atoms with van der Waals surface area (Å²) in [5, 5.41) is 13.2. The molecule has 2 aromatic heterocycles. The molecule has 3 atom stereocenters. The first-order chi connectivity index (χ1) is 17.2. The Kier molecular flexibility index (Phi) is 6.60. The van der Waals surface area contributed by atoms with E-state index in [-0.39, 0.29) is 22.7 Å². The van der Waals surface area contributed by atoms with Gasteiger partial charge in [-0.25, -0.2) is 4.98 Å². The number of nitrogens with two attached hydrogens (primary N) is 1. The van der Waals surface area contributed by atoms with Crippen molar-refractivity contribution in [1.29, 1.82) is 0 Å². The summed E-state index contributed by atoms with van der Waals surface area (Å²) in [7, 11) is -2.76. The molecule has 1 aliphatic heterocycles. The van der Waals surface area contributed by atoms with Crippen molar-refractivity contribution in [2.24, 2.45) is 0 Å². The SMILES string of the molecule is CC(C)(C)[Si](OC[C@H]1O[C@@H](n2cnc3c(N)nc(Cl)nc32)C[C@@H]1O)(c1ccccc1)c1ccccc1. The number of hydrogen-bond donors (Lipinski definition) is 2. The highest BCUT2D eigenvalue weighted by atomic mass is 35.5. The van der Waals surface area contributed by atoms with Crippen LogP contribution in [0, 0.1) is 0 Å². The molecule has 0 spiro atoms. The van der Waals surface area contributed by atoms with Crippen molar-refractivity contribution in [3.05, 3.63) is 72.3 Å². The fourth-order valence-corrected chi connectivity index (χ4v) is 9.87. The summed E-state index contributed by atoms with van der Waals surface area (Å²) in [6.07, 6.45) is 0.225. The molecule has 3 N–H and O–H groups in total. The van der Waals surface area contributed by atoms with Gasteiger partial charge in [0.1, 0.15) is 17.8 Å². The fraction of sp³-hybridized carbons (Fsp3) is 0.346. The van der Waals surface area contributed by atoms with E-state index in [9.17, 15) is 5.11 Å². The molecular formula is C26H30ClN5O3Si. The zero-order chi connectivity index (χ0) is 25.5. The second-order valence-corrected chi connectivity index (χ2v) is 14.8. The van der Waals surface area contributed by atoms with Crippen LogP contribution in [0.25, 0.3) is 11.2 Å². The normalized spacial score (nSPS) is 20.8. The van der Waals surface area contributed by atoms with Gasteiger partial charge in [-0.15, -0.1) is 0 Å². The summed E-state index contributed by atoms with van der Waals surface area (Å²) in [6.45, 7) is 6.91. The van der Waals surface area contributed by atoms with Gasteiger partial charge in [-0.05, 0) is 27.0 Å². The standard InChI is InChI=1S/C26H30ClN5O3Si/c1-26(2,3)36(17-10-6-4-7-11-17,18-12-8-5-9-13-18)34-15-20-19(33)14-21(35-20)32-16-29-22-23(28)30-25(27)31-24(22)32/h4-13,16,19-21,33H,14-15H2,1-3H3,(H2,28,30,31)/t19-,20+,21+/m0/s1. The van der Waals surface area contributed by atoms with Crippen molar-refractivity contribution in [1.82, 2.24) is 19.5 Å². The Labute approximate surface area is 216 Å². The van der Waals surface area contributed by atoms with Crippen molar-refractivity contribution < 1.29 is 14.3 Å². The van der Waals surface area contributed by atoms with E-state index in [1.807, 2.05) is 12.1 Å². The number of benzene rings is 2. The Hall–Kier alpha value is -2.82. The third-order valence-corrected chi connectivity index (χ3v) is 12.0. The van der Waals surface area contributed by atoms with E-state index in [4.69, 9.17) is 26.5 Å². The molecule has 5 rings (SSSR count). The number of rotatable bonds is 6. The summed E-state index contributed by atoms with van der Waals surface area (Å²) < 4.78 is 15.0. The fourth-order valence-electron chi connectivity index (χ4n) is 5.13. The molecule has 1 saturated heterocycles. The highest BCUT2D eigenvalue weighted by molar-refractivity contribution is 6.99.